The van der Waals surface area contributed by atoms with Crippen molar-refractivity contribution in [1.82, 2.24) is 5.32 Å². The smallest absolute Gasteiger partial charge is 0.123 e. The molecule has 3 heteroatoms. The van der Waals surface area contributed by atoms with Crippen molar-refractivity contribution in [3.63, 3.8) is 0 Å². The number of aryl methyl sites for hydroxylation is 1. The van der Waals surface area contributed by atoms with Crippen LogP contribution in [0.25, 0.3) is 0 Å². The molecule has 0 spiro atoms. The molecule has 0 aliphatic heterocycles. The van der Waals surface area contributed by atoms with Crippen LogP contribution < -0.4 is 5.32 Å². The zero-order chi connectivity index (χ0) is 15.2. The Hall–Kier alpha value is -2.18. The highest BCUT2D eigenvalue weighted by atomic mass is 19.1. The maximum Gasteiger partial charge on any atom is 0.123 e. The zero-order valence-electron chi connectivity index (χ0n) is 12.4. The molecule has 2 aromatic rings. The molecule has 0 aromatic heterocycles. The largest absolute Gasteiger partial charge is 0.310 e. The summed E-state index contributed by atoms with van der Waals surface area (Å²) in [6, 6.07) is 14.9. The Morgan fingerprint density at radius 1 is 1.24 bits per heavy atom. The van der Waals surface area contributed by atoms with E-state index < -0.39 is 0 Å². The van der Waals surface area contributed by atoms with Gasteiger partial charge in [0.2, 0.25) is 0 Å². The number of hydrogen-bond donors (Lipinski definition) is 1. The number of nitriles is 1. The number of hydrogen-bond acceptors (Lipinski definition) is 2. The van der Waals surface area contributed by atoms with Gasteiger partial charge in [-0.2, -0.15) is 5.26 Å². The van der Waals surface area contributed by atoms with Gasteiger partial charge in [-0.15, -0.1) is 0 Å². The summed E-state index contributed by atoms with van der Waals surface area (Å²) in [5.74, 6) is -0.189. The van der Waals surface area contributed by atoms with Crippen molar-refractivity contribution in [2.24, 2.45) is 0 Å². The van der Waals surface area contributed by atoms with E-state index in [4.69, 9.17) is 5.26 Å². The summed E-state index contributed by atoms with van der Waals surface area (Å²) >= 11 is 0. The number of benzene rings is 2. The van der Waals surface area contributed by atoms with Gasteiger partial charge in [0.1, 0.15) is 5.82 Å². The van der Waals surface area contributed by atoms with Gasteiger partial charge in [0, 0.05) is 6.04 Å². The molecule has 0 fully saturated rings. The van der Waals surface area contributed by atoms with E-state index in [2.05, 4.69) is 18.3 Å². The summed E-state index contributed by atoms with van der Waals surface area (Å²) in [4.78, 5) is 0. The fourth-order valence-electron chi connectivity index (χ4n) is 2.36. The Balaban J connectivity index is 1.92. The molecular weight excluding hydrogens is 263 g/mol. The van der Waals surface area contributed by atoms with Crippen molar-refractivity contribution >= 4 is 0 Å². The molecule has 0 aliphatic carbocycles. The van der Waals surface area contributed by atoms with E-state index in [1.165, 1.54) is 6.07 Å². The van der Waals surface area contributed by atoms with Gasteiger partial charge in [0.05, 0.1) is 11.6 Å². The van der Waals surface area contributed by atoms with Crippen molar-refractivity contribution in [2.75, 3.05) is 6.54 Å². The number of rotatable bonds is 5. The van der Waals surface area contributed by atoms with Gasteiger partial charge < -0.3 is 5.32 Å². The summed E-state index contributed by atoms with van der Waals surface area (Å²) < 4.78 is 13.0. The number of nitrogens with zero attached hydrogens (tertiary/aromatic N) is 1. The van der Waals surface area contributed by atoms with E-state index >= 15 is 0 Å². The van der Waals surface area contributed by atoms with Gasteiger partial charge in [-0.25, -0.2) is 4.39 Å². The van der Waals surface area contributed by atoms with Gasteiger partial charge in [-0.3, -0.25) is 0 Å². The average molecular weight is 282 g/mol. The van der Waals surface area contributed by atoms with Crippen LogP contribution in [0.1, 0.15) is 35.2 Å². The number of nitrogens with one attached hydrogen (secondary N) is 1. The first-order valence-corrected chi connectivity index (χ1v) is 7.08. The minimum atomic E-state index is -0.189. The zero-order valence-corrected chi connectivity index (χ0v) is 12.4. The minimum absolute atomic E-state index is 0.180. The van der Waals surface area contributed by atoms with Gasteiger partial charge >= 0.3 is 0 Å². The van der Waals surface area contributed by atoms with Crippen molar-refractivity contribution in [3.05, 3.63) is 70.5 Å². The van der Waals surface area contributed by atoms with Gasteiger partial charge in [0.15, 0.2) is 0 Å². The predicted octanol–water partition coefficient (Wildman–Crippen LogP) is 3.90. The second-order valence-electron chi connectivity index (χ2n) is 5.23. The van der Waals surface area contributed by atoms with Crippen LogP contribution in [0.4, 0.5) is 4.39 Å². The van der Waals surface area contributed by atoms with Crippen LogP contribution in [0, 0.1) is 24.1 Å². The molecule has 1 N–H and O–H groups in total. The SMILES string of the molecule is Cc1cc(F)ccc1CCNC(C)c1cccc(C#N)c1. The van der Waals surface area contributed by atoms with Gasteiger partial charge in [-0.05, 0) is 67.8 Å². The van der Waals surface area contributed by atoms with Crippen LogP contribution in [0.3, 0.4) is 0 Å². The van der Waals surface area contributed by atoms with Crippen molar-refractivity contribution in [2.45, 2.75) is 26.3 Å². The Labute approximate surface area is 125 Å². The lowest BCUT2D eigenvalue weighted by Crippen LogP contribution is -2.21. The van der Waals surface area contributed by atoms with Crippen LogP contribution in [-0.4, -0.2) is 6.54 Å². The highest BCUT2D eigenvalue weighted by molar-refractivity contribution is 5.34. The summed E-state index contributed by atoms with van der Waals surface area (Å²) in [6.45, 7) is 4.82. The summed E-state index contributed by atoms with van der Waals surface area (Å²) in [5, 5.41) is 12.4. The molecule has 21 heavy (non-hydrogen) atoms. The molecule has 1 unspecified atom stereocenters. The molecule has 0 radical (unpaired) electrons. The molecule has 0 saturated carbocycles. The third kappa shape index (κ3) is 4.14. The van der Waals surface area contributed by atoms with E-state index in [9.17, 15) is 4.39 Å². The van der Waals surface area contributed by atoms with Crippen LogP contribution >= 0.6 is 0 Å². The van der Waals surface area contributed by atoms with Crippen LogP contribution in [0.5, 0.6) is 0 Å². The van der Waals surface area contributed by atoms with Crippen LogP contribution in [0.15, 0.2) is 42.5 Å². The Morgan fingerprint density at radius 2 is 2.05 bits per heavy atom. The monoisotopic (exact) mass is 282 g/mol. The Morgan fingerprint density at radius 3 is 2.76 bits per heavy atom. The lowest BCUT2D eigenvalue weighted by molar-refractivity contribution is 0.575. The normalized spacial score (nSPS) is 11.9. The standard InChI is InChI=1S/C18H19FN2/c1-13-10-18(19)7-6-16(13)8-9-21-14(2)17-5-3-4-15(11-17)12-20/h3-7,10-11,14,21H,8-9H2,1-2H3. The molecule has 0 aliphatic rings. The van der Waals surface area contributed by atoms with Crippen molar-refractivity contribution < 1.29 is 4.39 Å². The lowest BCUT2D eigenvalue weighted by atomic mass is 10.0. The highest BCUT2D eigenvalue weighted by Crippen LogP contribution is 2.15. The fourth-order valence-corrected chi connectivity index (χ4v) is 2.36. The maximum absolute atomic E-state index is 13.0. The van der Waals surface area contributed by atoms with E-state index in [1.54, 1.807) is 12.1 Å². The highest BCUT2D eigenvalue weighted by Gasteiger charge is 2.06. The number of halogens is 1. The third-order valence-corrected chi connectivity index (χ3v) is 3.67. The molecular formula is C18H19FN2. The molecule has 0 saturated heterocycles. The van der Waals surface area contributed by atoms with E-state index in [-0.39, 0.29) is 11.9 Å². The molecule has 0 bridgehead atoms. The molecule has 1 atom stereocenters. The summed E-state index contributed by atoms with van der Waals surface area (Å²) in [6.07, 6.45) is 0.856. The molecule has 2 rings (SSSR count). The third-order valence-electron chi connectivity index (χ3n) is 3.67. The van der Waals surface area contributed by atoms with Crippen LogP contribution in [0.2, 0.25) is 0 Å². The molecule has 108 valence electrons. The topological polar surface area (TPSA) is 35.8 Å². The van der Waals surface area contributed by atoms with Gasteiger partial charge in [-0.1, -0.05) is 18.2 Å². The van der Waals surface area contributed by atoms with E-state index in [0.29, 0.717) is 5.56 Å². The minimum Gasteiger partial charge on any atom is -0.310 e. The van der Waals surface area contributed by atoms with Crippen molar-refractivity contribution in [3.8, 4) is 6.07 Å². The summed E-state index contributed by atoms with van der Waals surface area (Å²) in [7, 11) is 0. The molecule has 0 amide bonds. The Kier molecular flexibility index (Phi) is 5.08. The predicted molar refractivity (Wildman–Crippen MR) is 82.4 cm³/mol. The van der Waals surface area contributed by atoms with Crippen LogP contribution in [-0.2, 0) is 6.42 Å². The Bertz CT molecular complexity index is 659. The van der Waals surface area contributed by atoms with Gasteiger partial charge in [0.25, 0.3) is 0 Å². The average Bonchev–Trinajstić information content (AvgIpc) is 2.49. The van der Waals surface area contributed by atoms with Crippen molar-refractivity contribution in [1.29, 1.82) is 5.26 Å². The second-order valence-corrected chi connectivity index (χ2v) is 5.23. The first kappa shape index (κ1) is 15.2. The fraction of sp³-hybridized carbons (Fsp3) is 0.278. The molecule has 2 nitrogen and oxygen atoms in total. The maximum atomic E-state index is 13.0. The van der Waals surface area contributed by atoms with E-state index in [0.717, 1.165) is 29.7 Å². The second kappa shape index (κ2) is 7.01. The first-order valence-electron chi connectivity index (χ1n) is 7.08. The molecule has 0 heterocycles. The summed E-state index contributed by atoms with van der Waals surface area (Å²) in [5.41, 5.74) is 3.92. The molecule has 2 aromatic carbocycles. The quantitative estimate of drug-likeness (QED) is 0.902. The van der Waals surface area contributed by atoms with E-state index in [1.807, 2.05) is 31.2 Å². The lowest BCUT2D eigenvalue weighted by Gasteiger charge is -2.15. The first-order chi connectivity index (χ1) is 10.1.